The van der Waals surface area contributed by atoms with Crippen molar-refractivity contribution < 1.29 is 9.13 Å². The van der Waals surface area contributed by atoms with Gasteiger partial charge in [-0.3, -0.25) is 0 Å². The van der Waals surface area contributed by atoms with Crippen LogP contribution in [0.3, 0.4) is 0 Å². The first-order valence-corrected chi connectivity index (χ1v) is 5.72. The van der Waals surface area contributed by atoms with Gasteiger partial charge in [-0.05, 0) is 29.3 Å². The second kappa shape index (κ2) is 5.12. The Morgan fingerprint density at radius 2 is 2.17 bits per heavy atom. The number of nitrogens with zero attached hydrogens (tertiary/aromatic N) is 4. The topological polar surface area (TPSA) is 52.8 Å². The molecule has 5 nitrogen and oxygen atoms in total. The van der Waals surface area contributed by atoms with Crippen molar-refractivity contribution in [3.05, 3.63) is 24.0 Å². The van der Waals surface area contributed by atoms with Crippen molar-refractivity contribution in [3.63, 3.8) is 0 Å². The van der Waals surface area contributed by atoms with E-state index in [0.29, 0.717) is 23.9 Å². The summed E-state index contributed by atoms with van der Waals surface area (Å²) in [4.78, 5) is 1.52. The number of benzene rings is 1. The lowest BCUT2D eigenvalue weighted by Crippen LogP contribution is -2.07. The molecule has 0 aliphatic carbocycles. The van der Waals surface area contributed by atoms with E-state index in [1.165, 1.54) is 18.0 Å². The summed E-state index contributed by atoms with van der Waals surface area (Å²) in [5.41, 5.74) is 0.586. The van der Waals surface area contributed by atoms with E-state index in [0.717, 1.165) is 0 Å². The minimum Gasteiger partial charge on any atom is -0.494 e. The van der Waals surface area contributed by atoms with Gasteiger partial charge in [0.05, 0.1) is 13.7 Å². The molecule has 0 aliphatic rings. The van der Waals surface area contributed by atoms with Crippen molar-refractivity contribution >= 4 is 0 Å². The average Bonchev–Trinajstić information content (AvgIpc) is 2.76. The Balaban J connectivity index is 2.26. The van der Waals surface area contributed by atoms with Crippen LogP contribution in [0, 0.1) is 11.7 Å². The molecular weight excluding hydrogens is 235 g/mol. The number of aromatic nitrogens is 4. The van der Waals surface area contributed by atoms with E-state index in [4.69, 9.17) is 4.74 Å². The molecule has 1 aromatic heterocycles. The number of ether oxygens (including phenoxy) is 1. The Hall–Kier alpha value is -1.98. The lowest BCUT2D eigenvalue weighted by atomic mass is 10.2. The Labute approximate surface area is 105 Å². The first-order valence-electron chi connectivity index (χ1n) is 5.72. The lowest BCUT2D eigenvalue weighted by molar-refractivity contribution is 0.386. The Bertz CT molecular complexity index is 539. The molecule has 96 valence electrons. The van der Waals surface area contributed by atoms with Gasteiger partial charge in [0.2, 0.25) is 5.82 Å². The molecule has 2 rings (SSSR count). The molecule has 1 heterocycles. The van der Waals surface area contributed by atoms with E-state index >= 15 is 0 Å². The van der Waals surface area contributed by atoms with Gasteiger partial charge in [0.25, 0.3) is 0 Å². The van der Waals surface area contributed by atoms with E-state index in [2.05, 4.69) is 29.3 Å². The molecule has 0 bridgehead atoms. The number of halogens is 1. The van der Waals surface area contributed by atoms with Gasteiger partial charge in [0.1, 0.15) is 0 Å². The smallest absolute Gasteiger partial charge is 0.205 e. The average molecular weight is 250 g/mol. The zero-order chi connectivity index (χ0) is 13.1. The fourth-order valence-electron chi connectivity index (χ4n) is 1.57. The lowest BCUT2D eigenvalue weighted by Gasteiger charge is -2.02. The number of methoxy groups -OCH3 is 1. The number of hydrogen-bond acceptors (Lipinski definition) is 4. The van der Waals surface area contributed by atoms with E-state index in [9.17, 15) is 4.39 Å². The third kappa shape index (κ3) is 2.64. The minimum absolute atomic E-state index is 0.202. The molecule has 0 unspecified atom stereocenters. The van der Waals surface area contributed by atoms with Crippen molar-refractivity contribution in [2.75, 3.05) is 7.11 Å². The van der Waals surface area contributed by atoms with Gasteiger partial charge in [0.15, 0.2) is 11.6 Å². The van der Waals surface area contributed by atoms with Gasteiger partial charge in [0, 0.05) is 5.56 Å². The molecule has 0 spiro atoms. The van der Waals surface area contributed by atoms with Crippen molar-refractivity contribution in [1.82, 2.24) is 20.2 Å². The van der Waals surface area contributed by atoms with Crippen LogP contribution in [0.2, 0.25) is 0 Å². The molecule has 0 atom stereocenters. The second-order valence-electron chi connectivity index (χ2n) is 4.41. The molecule has 0 fully saturated rings. The summed E-state index contributed by atoms with van der Waals surface area (Å²) in [7, 11) is 1.43. The zero-order valence-corrected chi connectivity index (χ0v) is 10.6. The molecule has 1 aromatic carbocycles. The maximum Gasteiger partial charge on any atom is 0.205 e. The highest BCUT2D eigenvalue weighted by Gasteiger charge is 2.10. The van der Waals surface area contributed by atoms with Crippen molar-refractivity contribution in [3.8, 4) is 17.1 Å². The van der Waals surface area contributed by atoms with Crippen LogP contribution in [0.1, 0.15) is 13.8 Å². The summed E-state index contributed by atoms with van der Waals surface area (Å²) in [6, 6.07) is 4.60. The predicted octanol–water partition coefficient (Wildman–Crippen LogP) is 2.14. The summed E-state index contributed by atoms with van der Waals surface area (Å²) >= 11 is 0. The van der Waals surface area contributed by atoms with E-state index in [1.807, 2.05) is 0 Å². The van der Waals surface area contributed by atoms with Crippen molar-refractivity contribution in [2.45, 2.75) is 20.4 Å². The molecule has 0 saturated carbocycles. The van der Waals surface area contributed by atoms with E-state index < -0.39 is 5.82 Å². The number of hydrogen-bond donors (Lipinski definition) is 0. The summed E-state index contributed by atoms with van der Waals surface area (Å²) in [6.45, 7) is 4.82. The quantitative estimate of drug-likeness (QED) is 0.834. The third-order valence-electron chi connectivity index (χ3n) is 2.39. The van der Waals surface area contributed by atoms with E-state index in [-0.39, 0.29) is 5.75 Å². The molecule has 0 amide bonds. The molecule has 0 saturated heterocycles. The predicted molar refractivity (Wildman–Crippen MR) is 64.6 cm³/mol. The van der Waals surface area contributed by atoms with Crippen molar-refractivity contribution in [1.29, 1.82) is 0 Å². The summed E-state index contributed by atoms with van der Waals surface area (Å²) in [6.07, 6.45) is 0. The zero-order valence-electron chi connectivity index (χ0n) is 10.6. The summed E-state index contributed by atoms with van der Waals surface area (Å²) in [5, 5.41) is 12.0. The van der Waals surface area contributed by atoms with Crippen LogP contribution in [0.25, 0.3) is 11.4 Å². The van der Waals surface area contributed by atoms with Crippen LogP contribution in [0.15, 0.2) is 18.2 Å². The van der Waals surface area contributed by atoms with Gasteiger partial charge in [-0.2, -0.15) is 4.80 Å². The molecule has 18 heavy (non-hydrogen) atoms. The summed E-state index contributed by atoms with van der Waals surface area (Å²) in [5.74, 6) is 0.611. The van der Waals surface area contributed by atoms with Gasteiger partial charge in [-0.25, -0.2) is 4.39 Å². The number of tetrazole rings is 1. The van der Waals surface area contributed by atoms with Gasteiger partial charge >= 0.3 is 0 Å². The molecule has 2 aromatic rings. The maximum absolute atomic E-state index is 13.5. The highest BCUT2D eigenvalue weighted by atomic mass is 19.1. The molecule has 0 aliphatic heterocycles. The van der Waals surface area contributed by atoms with Crippen LogP contribution in [0.5, 0.6) is 5.75 Å². The van der Waals surface area contributed by atoms with Gasteiger partial charge in [-0.15, -0.1) is 10.2 Å². The van der Waals surface area contributed by atoms with Crippen LogP contribution in [0.4, 0.5) is 4.39 Å². The standard InChI is InChI=1S/C12H15FN4O/c1-8(2)7-17-15-12(14-16-17)9-4-5-11(18-3)10(13)6-9/h4-6,8H,7H2,1-3H3. The number of rotatable bonds is 4. The van der Waals surface area contributed by atoms with Gasteiger partial charge < -0.3 is 4.74 Å². The molecular formula is C12H15FN4O. The highest BCUT2D eigenvalue weighted by molar-refractivity contribution is 5.55. The largest absolute Gasteiger partial charge is 0.494 e. The molecule has 0 radical (unpaired) electrons. The minimum atomic E-state index is -0.435. The monoisotopic (exact) mass is 250 g/mol. The van der Waals surface area contributed by atoms with E-state index in [1.54, 1.807) is 12.1 Å². The van der Waals surface area contributed by atoms with Crippen LogP contribution in [-0.2, 0) is 6.54 Å². The molecule has 0 N–H and O–H groups in total. The Morgan fingerprint density at radius 3 is 2.78 bits per heavy atom. The Morgan fingerprint density at radius 1 is 1.39 bits per heavy atom. The van der Waals surface area contributed by atoms with Crippen LogP contribution >= 0.6 is 0 Å². The summed E-state index contributed by atoms with van der Waals surface area (Å²) < 4.78 is 18.4. The fraction of sp³-hybridized carbons (Fsp3) is 0.417. The van der Waals surface area contributed by atoms with Gasteiger partial charge in [-0.1, -0.05) is 13.8 Å². The second-order valence-corrected chi connectivity index (χ2v) is 4.41. The normalized spacial score (nSPS) is 10.9. The Kier molecular flexibility index (Phi) is 3.55. The van der Waals surface area contributed by atoms with Crippen LogP contribution < -0.4 is 4.74 Å². The SMILES string of the molecule is COc1ccc(-c2nnn(CC(C)C)n2)cc1F. The van der Waals surface area contributed by atoms with Crippen molar-refractivity contribution in [2.24, 2.45) is 5.92 Å². The maximum atomic E-state index is 13.5. The first kappa shape index (κ1) is 12.5. The highest BCUT2D eigenvalue weighted by Crippen LogP contribution is 2.22. The fourth-order valence-corrected chi connectivity index (χ4v) is 1.57. The first-order chi connectivity index (χ1) is 8.60. The van der Waals surface area contributed by atoms with Crippen LogP contribution in [-0.4, -0.2) is 27.3 Å². The third-order valence-corrected chi connectivity index (χ3v) is 2.39. The molecule has 6 heteroatoms.